The van der Waals surface area contributed by atoms with Crippen LogP contribution in [0, 0.1) is 0 Å². The molecule has 1 rings (SSSR count). The molecule has 1 atom stereocenters. The number of rotatable bonds is 6. The van der Waals surface area contributed by atoms with E-state index in [-0.39, 0.29) is 0 Å². The summed E-state index contributed by atoms with van der Waals surface area (Å²) in [5.74, 6) is -0.481. The summed E-state index contributed by atoms with van der Waals surface area (Å²) in [6, 6.07) is 8.66. The Hall–Kier alpha value is -1.90. The van der Waals surface area contributed by atoms with E-state index in [0.717, 1.165) is 6.42 Å². The fourth-order valence-corrected chi connectivity index (χ4v) is 1.49. The fourth-order valence-electron chi connectivity index (χ4n) is 1.49. The molecule has 0 radical (unpaired) electrons. The van der Waals surface area contributed by atoms with Gasteiger partial charge in [-0.15, -0.1) is 0 Å². The van der Waals surface area contributed by atoms with E-state index >= 15 is 0 Å². The van der Waals surface area contributed by atoms with Crippen molar-refractivity contribution in [1.29, 1.82) is 0 Å². The van der Waals surface area contributed by atoms with Crippen LogP contribution in [-0.2, 0) is 9.53 Å². The van der Waals surface area contributed by atoms with Crippen molar-refractivity contribution >= 4 is 12.3 Å². The minimum Gasteiger partial charge on any atom is -0.443 e. The van der Waals surface area contributed by atoms with E-state index in [9.17, 15) is 9.59 Å². The lowest BCUT2D eigenvalue weighted by atomic mass is 10.0. The van der Waals surface area contributed by atoms with E-state index in [1.54, 1.807) is 30.3 Å². The zero-order valence-electron chi connectivity index (χ0n) is 10.8. The molecule has 0 aliphatic heterocycles. The number of ether oxygens (including phenoxy) is 1. The van der Waals surface area contributed by atoms with Gasteiger partial charge in [0.15, 0.2) is 11.9 Å². The maximum absolute atomic E-state index is 11.9. The Morgan fingerprint density at radius 1 is 1.28 bits per heavy atom. The second kappa shape index (κ2) is 6.74. The predicted molar refractivity (Wildman–Crippen MR) is 70.4 cm³/mol. The molecule has 0 aromatic heterocycles. The largest absolute Gasteiger partial charge is 0.443 e. The lowest BCUT2D eigenvalue weighted by molar-refractivity contribution is -0.121. The maximum atomic E-state index is 11.9. The average molecular weight is 246 g/mol. The van der Waals surface area contributed by atoms with Gasteiger partial charge in [0.05, 0.1) is 5.56 Å². The van der Waals surface area contributed by atoms with Gasteiger partial charge in [-0.2, -0.15) is 0 Å². The summed E-state index contributed by atoms with van der Waals surface area (Å²) in [6.45, 7) is 3.77. The number of aldehydes is 1. The van der Waals surface area contributed by atoms with E-state index < -0.39 is 11.6 Å². The predicted octanol–water partition coefficient (Wildman–Crippen LogP) is 3.16. The highest BCUT2D eigenvalue weighted by atomic mass is 16.6. The van der Waals surface area contributed by atoms with Gasteiger partial charge in [-0.3, -0.25) is 4.79 Å². The van der Waals surface area contributed by atoms with Gasteiger partial charge >= 0.3 is 5.97 Å². The summed E-state index contributed by atoms with van der Waals surface area (Å²) in [4.78, 5) is 23.1. The van der Waals surface area contributed by atoms with Gasteiger partial charge in [0.25, 0.3) is 0 Å². The number of carbonyl (C=O) groups excluding carboxylic acids is 2. The van der Waals surface area contributed by atoms with Gasteiger partial charge < -0.3 is 4.74 Å². The first kappa shape index (κ1) is 14.2. The van der Waals surface area contributed by atoms with Crippen LogP contribution in [0.3, 0.4) is 0 Å². The molecule has 3 nitrogen and oxygen atoms in total. The van der Waals surface area contributed by atoms with Crippen LogP contribution >= 0.6 is 0 Å². The third-order valence-electron chi connectivity index (χ3n) is 2.68. The Morgan fingerprint density at radius 2 is 1.94 bits per heavy atom. The molecule has 0 spiro atoms. The molecule has 0 unspecified atom stereocenters. The summed E-state index contributed by atoms with van der Waals surface area (Å²) < 4.78 is 5.33. The number of benzene rings is 1. The van der Waals surface area contributed by atoms with Gasteiger partial charge in [-0.05, 0) is 31.1 Å². The molecule has 0 aliphatic rings. The molecule has 96 valence electrons. The molecule has 0 heterocycles. The van der Waals surface area contributed by atoms with E-state index in [1.807, 2.05) is 26.0 Å². The van der Waals surface area contributed by atoms with Gasteiger partial charge in [-0.25, -0.2) is 4.79 Å². The topological polar surface area (TPSA) is 43.4 Å². The minimum absolute atomic E-state index is 0.422. The van der Waals surface area contributed by atoms with Crippen LogP contribution in [0.4, 0.5) is 0 Å². The quantitative estimate of drug-likeness (QED) is 0.440. The summed E-state index contributed by atoms with van der Waals surface area (Å²) in [7, 11) is 0. The van der Waals surface area contributed by atoms with Crippen molar-refractivity contribution in [2.24, 2.45) is 0 Å². The number of carbonyl (C=O) groups is 2. The first-order valence-corrected chi connectivity index (χ1v) is 6.10. The van der Waals surface area contributed by atoms with E-state index in [4.69, 9.17) is 4.74 Å². The Bertz CT molecular complexity index is 423. The summed E-state index contributed by atoms with van der Waals surface area (Å²) in [5.41, 5.74) is -0.704. The molecular weight excluding hydrogens is 228 g/mol. The smallest absolute Gasteiger partial charge is 0.339 e. The van der Waals surface area contributed by atoms with Gasteiger partial charge in [0.1, 0.15) is 0 Å². The molecule has 0 aliphatic carbocycles. The Kier molecular flexibility index (Phi) is 5.31. The van der Waals surface area contributed by atoms with E-state index in [2.05, 4.69) is 0 Å². The van der Waals surface area contributed by atoms with Gasteiger partial charge in [0.2, 0.25) is 0 Å². The maximum Gasteiger partial charge on any atom is 0.339 e. The van der Waals surface area contributed by atoms with Crippen LogP contribution in [0.1, 0.15) is 37.0 Å². The standard InChI is InChI=1S/C15H18O3/c1-3-5-11-15(4-2,12-16)18-14(17)13-9-7-6-8-10-13/h5-12H,3-4H2,1-2H3/b11-5+/t15-/m1/s1. The minimum atomic E-state index is -1.15. The molecule has 18 heavy (non-hydrogen) atoms. The van der Waals surface area contributed by atoms with Crippen LogP contribution in [0.25, 0.3) is 0 Å². The molecule has 0 saturated heterocycles. The van der Waals surface area contributed by atoms with Crippen molar-refractivity contribution in [2.75, 3.05) is 0 Å². The second-order valence-electron chi connectivity index (χ2n) is 3.99. The second-order valence-corrected chi connectivity index (χ2v) is 3.99. The molecule has 3 heteroatoms. The molecule has 0 bridgehead atoms. The zero-order valence-corrected chi connectivity index (χ0v) is 10.8. The third-order valence-corrected chi connectivity index (χ3v) is 2.68. The fraction of sp³-hybridized carbons (Fsp3) is 0.333. The number of hydrogen-bond donors (Lipinski definition) is 0. The first-order valence-electron chi connectivity index (χ1n) is 6.10. The Balaban J connectivity index is 2.88. The van der Waals surface area contributed by atoms with Crippen molar-refractivity contribution in [2.45, 2.75) is 32.3 Å². The highest BCUT2D eigenvalue weighted by Gasteiger charge is 2.29. The monoisotopic (exact) mass is 246 g/mol. The van der Waals surface area contributed by atoms with Crippen LogP contribution in [0.15, 0.2) is 42.5 Å². The van der Waals surface area contributed by atoms with Crippen LogP contribution in [0.2, 0.25) is 0 Å². The molecule has 1 aromatic carbocycles. The van der Waals surface area contributed by atoms with Crippen LogP contribution in [0.5, 0.6) is 0 Å². The molecule has 0 fully saturated rings. The van der Waals surface area contributed by atoms with Crippen molar-refractivity contribution in [3.63, 3.8) is 0 Å². The number of hydrogen-bond acceptors (Lipinski definition) is 3. The lowest BCUT2D eigenvalue weighted by Crippen LogP contribution is -2.34. The van der Waals surface area contributed by atoms with Gasteiger partial charge in [0, 0.05) is 0 Å². The number of esters is 1. The first-order chi connectivity index (χ1) is 8.67. The highest BCUT2D eigenvalue weighted by Crippen LogP contribution is 2.18. The Morgan fingerprint density at radius 3 is 2.44 bits per heavy atom. The molecule has 0 N–H and O–H groups in total. The molecular formula is C15H18O3. The van der Waals surface area contributed by atoms with E-state index in [0.29, 0.717) is 18.3 Å². The van der Waals surface area contributed by atoms with Crippen LogP contribution in [-0.4, -0.2) is 17.9 Å². The molecule has 0 saturated carbocycles. The molecule has 0 amide bonds. The van der Waals surface area contributed by atoms with E-state index in [1.165, 1.54) is 0 Å². The molecule has 1 aromatic rings. The average Bonchev–Trinajstić information content (AvgIpc) is 2.44. The van der Waals surface area contributed by atoms with Crippen molar-refractivity contribution in [3.05, 3.63) is 48.0 Å². The van der Waals surface area contributed by atoms with Crippen molar-refractivity contribution in [3.8, 4) is 0 Å². The normalized spacial score (nSPS) is 14.1. The SMILES string of the molecule is CC/C=C/[C@@](C=O)(CC)OC(=O)c1ccccc1. The number of allylic oxidation sites excluding steroid dienone is 1. The van der Waals surface area contributed by atoms with Gasteiger partial charge in [-0.1, -0.05) is 38.1 Å². The Labute approximate surface area is 107 Å². The summed E-state index contributed by atoms with van der Waals surface area (Å²) >= 11 is 0. The van der Waals surface area contributed by atoms with Crippen molar-refractivity contribution < 1.29 is 14.3 Å². The summed E-state index contributed by atoms with van der Waals surface area (Å²) in [6.07, 6.45) is 5.38. The third kappa shape index (κ3) is 3.55. The van der Waals surface area contributed by atoms with Crippen LogP contribution < -0.4 is 0 Å². The van der Waals surface area contributed by atoms with Crippen molar-refractivity contribution in [1.82, 2.24) is 0 Å². The summed E-state index contributed by atoms with van der Waals surface area (Å²) in [5, 5.41) is 0. The zero-order chi connectivity index (χ0) is 13.4. The highest BCUT2D eigenvalue weighted by molar-refractivity contribution is 5.91. The lowest BCUT2D eigenvalue weighted by Gasteiger charge is -2.23.